The van der Waals surface area contributed by atoms with Crippen LogP contribution in [0, 0.1) is 0 Å². The Morgan fingerprint density at radius 1 is 1.33 bits per heavy atom. The summed E-state index contributed by atoms with van der Waals surface area (Å²) in [6, 6.07) is 3.94. The molecule has 0 bridgehead atoms. The van der Waals surface area contributed by atoms with E-state index in [1.165, 1.54) is 4.90 Å². The number of rotatable bonds is 5. The Kier molecular flexibility index (Phi) is 6.11. The molecule has 1 aromatic carbocycles. The third-order valence-corrected chi connectivity index (χ3v) is 3.46. The van der Waals surface area contributed by atoms with Gasteiger partial charge in [0, 0.05) is 20.6 Å². The Balaban J connectivity index is 2.80. The molecule has 0 saturated heterocycles. The topological polar surface area (TPSA) is 41.6 Å². The summed E-state index contributed by atoms with van der Waals surface area (Å²) in [5, 5.41) is 3.08. The third-order valence-electron chi connectivity index (χ3n) is 2.28. The van der Waals surface area contributed by atoms with E-state index in [1.54, 1.807) is 14.1 Å². The van der Waals surface area contributed by atoms with Crippen molar-refractivity contribution in [3.63, 3.8) is 0 Å². The van der Waals surface area contributed by atoms with E-state index in [2.05, 4.69) is 37.2 Å². The fourth-order valence-electron chi connectivity index (χ4n) is 1.32. The number of hydrogen-bond donors (Lipinski definition) is 1. The number of benzene rings is 1. The molecular formula is C12H16Br2N2O2. The number of carbonyl (C=O) groups excluding carboxylic acids is 1. The fourth-order valence-corrected chi connectivity index (χ4v) is 2.83. The summed E-state index contributed by atoms with van der Waals surface area (Å²) >= 11 is 6.89. The van der Waals surface area contributed by atoms with Crippen LogP contribution in [-0.2, 0) is 11.3 Å². The summed E-state index contributed by atoms with van der Waals surface area (Å²) < 4.78 is 7.17. The van der Waals surface area contributed by atoms with Gasteiger partial charge < -0.3 is 15.0 Å². The molecule has 0 atom stereocenters. The molecule has 0 fully saturated rings. The largest absolute Gasteiger partial charge is 0.481 e. The number of halogens is 2. The number of ether oxygens (including phenoxy) is 1. The van der Waals surface area contributed by atoms with Crippen molar-refractivity contribution >= 4 is 37.8 Å². The van der Waals surface area contributed by atoms with Crippen molar-refractivity contribution in [2.75, 3.05) is 27.7 Å². The second-order valence-corrected chi connectivity index (χ2v) is 5.70. The van der Waals surface area contributed by atoms with Crippen molar-refractivity contribution in [3.05, 3.63) is 26.6 Å². The first-order valence-electron chi connectivity index (χ1n) is 5.41. The zero-order chi connectivity index (χ0) is 13.7. The summed E-state index contributed by atoms with van der Waals surface area (Å²) in [6.07, 6.45) is 0. The molecule has 0 saturated carbocycles. The van der Waals surface area contributed by atoms with Gasteiger partial charge in [-0.1, -0.05) is 0 Å². The van der Waals surface area contributed by atoms with E-state index in [-0.39, 0.29) is 12.5 Å². The first-order chi connectivity index (χ1) is 8.45. The molecule has 0 heterocycles. The first-order valence-corrected chi connectivity index (χ1v) is 6.99. The molecule has 0 aromatic heterocycles. The Labute approximate surface area is 124 Å². The molecular weight excluding hydrogens is 364 g/mol. The first kappa shape index (κ1) is 15.5. The molecule has 0 spiro atoms. The second-order valence-electron chi connectivity index (χ2n) is 4.00. The average Bonchev–Trinajstić information content (AvgIpc) is 2.27. The summed E-state index contributed by atoms with van der Waals surface area (Å²) in [5.41, 5.74) is 1.13. The lowest BCUT2D eigenvalue weighted by Crippen LogP contribution is -2.27. The lowest BCUT2D eigenvalue weighted by Gasteiger charge is -2.14. The maximum absolute atomic E-state index is 11.5. The molecule has 0 aliphatic carbocycles. The molecule has 4 nitrogen and oxygen atoms in total. The molecule has 1 aromatic rings. The van der Waals surface area contributed by atoms with Crippen LogP contribution in [0.1, 0.15) is 5.56 Å². The zero-order valence-corrected chi connectivity index (χ0v) is 13.8. The molecule has 0 radical (unpaired) electrons. The van der Waals surface area contributed by atoms with E-state index in [9.17, 15) is 4.79 Å². The molecule has 0 aliphatic heterocycles. The van der Waals surface area contributed by atoms with Gasteiger partial charge in [0.2, 0.25) is 0 Å². The summed E-state index contributed by atoms with van der Waals surface area (Å²) in [6.45, 7) is 0.795. The highest BCUT2D eigenvalue weighted by Crippen LogP contribution is 2.34. The molecule has 0 aliphatic rings. The zero-order valence-electron chi connectivity index (χ0n) is 10.6. The van der Waals surface area contributed by atoms with E-state index < -0.39 is 0 Å². The molecule has 18 heavy (non-hydrogen) atoms. The molecule has 6 heteroatoms. The molecule has 100 valence electrons. The van der Waals surface area contributed by atoms with Crippen LogP contribution in [0.15, 0.2) is 21.1 Å². The van der Waals surface area contributed by atoms with Gasteiger partial charge >= 0.3 is 0 Å². The maximum Gasteiger partial charge on any atom is 0.259 e. The number of nitrogens with zero attached hydrogens (tertiary/aromatic N) is 1. The van der Waals surface area contributed by atoms with Crippen molar-refractivity contribution in [2.45, 2.75) is 6.54 Å². The quantitative estimate of drug-likeness (QED) is 0.854. The van der Waals surface area contributed by atoms with Crippen molar-refractivity contribution in [1.82, 2.24) is 10.2 Å². The summed E-state index contributed by atoms with van der Waals surface area (Å²) in [5.74, 6) is 0.568. The molecule has 1 rings (SSSR count). The molecule has 1 N–H and O–H groups in total. The SMILES string of the molecule is CNCc1cc(Br)c(OCC(=O)N(C)C)c(Br)c1. The number of hydrogen-bond acceptors (Lipinski definition) is 3. The van der Waals surface area contributed by atoms with Gasteiger partial charge in [-0.15, -0.1) is 0 Å². The van der Waals surface area contributed by atoms with Crippen LogP contribution in [0.4, 0.5) is 0 Å². The Bertz CT molecular complexity index is 413. The highest BCUT2D eigenvalue weighted by molar-refractivity contribution is 9.11. The van der Waals surface area contributed by atoms with Crippen LogP contribution in [0.5, 0.6) is 5.75 Å². The van der Waals surface area contributed by atoms with E-state index in [4.69, 9.17) is 4.74 Å². The highest BCUT2D eigenvalue weighted by Gasteiger charge is 2.11. The smallest absolute Gasteiger partial charge is 0.259 e. The van der Waals surface area contributed by atoms with Crippen LogP contribution >= 0.6 is 31.9 Å². The third kappa shape index (κ3) is 4.26. The van der Waals surface area contributed by atoms with Gasteiger partial charge in [0.1, 0.15) is 5.75 Å². The van der Waals surface area contributed by atoms with Gasteiger partial charge in [0.25, 0.3) is 5.91 Å². The van der Waals surface area contributed by atoms with Gasteiger partial charge in [0.15, 0.2) is 6.61 Å². The van der Waals surface area contributed by atoms with Crippen LogP contribution < -0.4 is 10.1 Å². The number of likely N-dealkylation sites (N-methyl/N-ethyl adjacent to an activating group) is 1. The Morgan fingerprint density at radius 3 is 2.33 bits per heavy atom. The Morgan fingerprint density at radius 2 is 1.89 bits per heavy atom. The normalized spacial score (nSPS) is 10.3. The fraction of sp³-hybridized carbons (Fsp3) is 0.417. The minimum absolute atomic E-state index is 0.0234. The van der Waals surface area contributed by atoms with Crippen molar-refractivity contribution in [2.24, 2.45) is 0 Å². The van der Waals surface area contributed by atoms with Gasteiger partial charge in [-0.25, -0.2) is 0 Å². The second kappa shape index (κ2) is 7.11. The lowest BCUT2D eigenvalue weighted by molar-refractivity contribution is -0.130. The van der Waals surface area contributed by atoms with E-state index in [0.29, 0.717) is 5.75 Å². The number of amides is 1. The lowest BCUT2D eigenvalue weighted by atomic mass is 10.2. The number of nitrogens with one attached hydrogen (secondary N) is 1. The van der Waals surface area contributed by atoms with Crippen LogP contribution in [0.2, 0.25) is 0 Å². The minimum atomic E-state index is -0.0758. The average molecular weight is 380 g/mol. The minimum Gasteiger partial charge on any atom is -0.481 e. The highest BCUT2D eigenvalue weighted by atomic mass is 79.9. The van der Waals surface area contributed by atoms with Crippen molar-refractivity contribution in [1.29, 1.82) is 0 Å². The van der Waals surface area contributed by atoms with Gasteiger partial charge in [-0.3, -0.25) is 4.79 Å². The predicted molar refractivity (Wildman–Crippen MR) is 78.8 cm³/mol. The Hall–Kier alpha value is -0.590. The van der Waals surface area contributed by atoms with Crippen LogP contribution in [0.25, 0.3) is 0 Å². The van der Waals surface area contributed by atoms with Crippen molar-refractivity contribution in [3.8, 4) is 5.75 Å². The van der Waals surface area contributed by atoms with Crippen molar-refractivity contribution < 1.29 is 9.53 Å². The van der Waals surface area contributed by atoms with Crippen LogP contribution in [-0.4, -0.2) is 38.6 Å². The van der Waals surface area contributed by atoms with E-state index in [1.807, 2.05) is 19.2 Å². The molecule has 0 unspecified atom stereocenters. The van der Waals surface area contributed by atoms with Crippen LogP contribution in [0.3, 0.4) is 0 Å². The van der Waals surface area contributed by atoms with Gasteiger partial charge in [-0.05, 0) is 56.6 Å². The molecule has 1 amide bonds. The monoisotopic (exact) mass is 378 g/mol. The van der Waals surface area contributed by atoms with E-state index in [0.717, 1.165) is 21.1 Å². The predicted octanol–water partition coefficient (Wildman–Crippen LogP) is 2.40. The summed E-state index contributed by atoms with van der Waals surface area (Å²) in [7, 11) is 5.29. The van der Waals surface area contributed by atoms with Gasteiger partial charge in [-0.2, -0.15) is 0 Å². The standard InChI is InChI=1S/C12H16Br2N2O2/c1-15-6-8-4-9(13)12(10(14)5-8)18-7-11(17)16(2)3/h4-5,15H,6-7H2,1-3H3. The van der Waals surface area contributed by atoms with Gasteiger partial charge in [0.05, 0.1) is 8.95 Å². The number of carbonyl (C=O) groups is 1. The maximum atomic E-state index is 11.5. The summed E-state index contributed by atoms with van der Waals surface area (Å²) in [4.78, 5) is 13.0. The van der Waals surface area contributed by atoms with E-state index >= 15 is 0 Å².